The van der Waals surface area contributed by atoms with Gasteiger partial charge in [-0.15, -0.1) is 0 Å². The van der Waals surface area contributed by atoms with Gasteiger partial charge in [-0.25, -0.2) is 4.98 Å². The van der Waals surface area contributed by atoms with Gasteiger partial charge in [0.1, 0.15) is 0 Å². The van der Waals surface area contributed by atoms with Gasteiger partial charge in [0.2, 0.25) is 5.91 Å². The third-order valence-corrected chi connectivity index (χ3v) is 5.01. The van der Waals surface area contributed by atoms with Gasteiger partial charge in [-0.2, -0.15) is 10.5 Å². The van der Waals surface area contributed by atoms with Crippen molar-refractivity contribution in [3.8, 4) is 12.1 Å². The second-order valence-corrected chi connectivity index (χ2v) is 6.61. The molecule has 1 fully saturated rings. The van der Waals surface area contributed by atoms with Crippen molar-refractivity contribution >= 4 is 23.4 Å². The Morgan fingerprint density at radius 1 is 1.12 bits per heavy atom. The van der Waals surface area contributed by atoms with Crippen LogP contribution in [-0.4, -0.2) is 22.7 Å². The van der Waals surface area contributed by atoms with E-state index in [0.717, 1.165) is 18.5 Å². The molecule has 1 amide bonds. The number of hydrogen-bond acceptors (Lipinski definition) is 5. The van der Waals surface area contributed by atoms with Crippen LogP contribution in [-0.2, 0) is 4.79 Å². The fraction of sp³-hybridized carbons (Fsp3) is 0.222. The second-order valence-electron chi connectivity index (χ2n) is 5.39. The molecule has 0 unspecified atom stereocenters. The molecular weight excluding hydrogens is 320 g/mol. The van der Waals surface area contributed by atoms with Crippen LogP contribution in [0.4, 0.5) is 5.69 Å². The van der Waals surface area contributed by atoms with E-state index < -0.39 is 0 Å². The number of amides is 1. The van der Waals surface area contributed by atoms with E-state index in [9.17, 15) is 4.79 Å². The Labute approximate surface area is 144 Å². The molecule has 0 saturated carbocycles. The molecule has 0 spiro atoms. The highest BCUT2D eigenvalue weighted by Gasteiger charge is 2.30. The summed E-state index contributed by atoms with van der Waals surface area (Å²) in [6.07, 6.45) is 3.28. The van der Waals surface area contributed by atoms with Crippen LogP contribution < -0.4 is 4.90 Å². The highest BCUT2D eigenvalue weighted by molar-refractivity contribution is 8.00. The normalized spacial score (nSPS) is 17.2. The van der Waals surface area contributed by atoms with Crippen molar-refractivity contribution in [2.75, 3.05) is 11.4 Å². The first-order valence-electron chi connectivity index (χ1n) is 7.55. The van der Waals surface area contributed by atoms with Crippen molar-refractivity contribution in [3.05, 3.63) is 53.7 Å². The summed E-state index contributed by atoms with van der Waals surface area (Å²) < 4.78 is 0. The number of carbonyl (C=O) groups is 1. The molecule has 1 aliphatic rings. The number of aromatic nitrogens is 1. The summed E-state index contributed by atoms with van der Waals surface area (Å²) >= 11 is 1.40. The number of benzene rings is 1. The number of nitrogens with zero attached hydrogens (tertiary/aromatic N) is 4. The third kappa shape index (κ3) is 3.40. The summed E-state index contributed by atoms with van der Waals surface area (Å²) in [5, 5.41) is 18.3. The van der Waals surface area contributed by atoms with E-state index in [2.05, 4.69) is 17.1 Å². The van der Waals surface area contributed by atoms with Crippen LogP contribution in [0.15, 0.2) is 47.6 Å². The van der Waals surface area contributed by atoms with E-state index in [1.165, 1.54) is 11.8 Å². The molecule has 0 aliphatic carbocycles. The monoisotopic (exact) mass is 334 g/mol. The first-order valence-corrected chi connectivity index (χ1v) is 8.43. The van der Waals surface area contributed by atoms with E-state index in [-0.39, 0.29) is 11.2 Å². The lowest BCUT2D eigenvalue weighted by Crippen LogP contribution is -2.43. The number of anilines is 1. The van der Waals surface area contributed by atoms with E-state index in [0.29, 0.717) is 22.7 Å². The lowest BCUT2D eigenvalue weighted by atomic mass is 10.1. The molecule has 0 bridgehead atoms. The van der Waals surface area contributed by atoms with Crippen LogP contribution in [0.2, 0.25) is 0 Å². The predicted octanol–water partition coefficient (Wildman–Crippen LogP) is 3.11. The molecule has 1 aromatic heterocycles. The topological polar surface area (TPSA) is 80.8 Å². The molecule has 1 aliphatic heterocycles. The van der Waals surface area contributed by atoms with Gasteiger partial charge in [0.25, 0.3) is 0 Å². The summed E-state index contributed by atoms with van der Waals surface area (Å²) in [6.45, 7) is 0.674. The number of rotatable bonds is 3. The Morgan fingerprint density at radius 2 is 1.88 bits per heavy atom. The molecule has 0 radical (unpaired) electrons. The van der Waals surface area contributed by atoms with E-state index >= 15 is 0 Å². The van der Waals surface area contributed by atoms with Gasteiger partial charge in [0.15, 0.2) is 0 Å². The molecule has 24 heavy (non-hydrogen) atoms. The first-order chi connectivity index (χ1) is 11.7. The van der Waals surface area contributed by atoms with Crippen LogP contribution in [0.1, 0.15) is 24.0 Å². The Morgan fingerprint density at radius 3 is 2.58 bits per heavy atom. The minimum atomic E-state index is -0.212. The van der Waals surface area contributed by atoms with Crippen molar-refractivity contribution in [2.24, 2.45) is 0 Å². The lowest BCUT2D eigenvalue weighted by Gasteiger charge is -2.31. The SMILES string of the molecule is N#Cc1ccc(N2CCC[C@@H](Sc3cc(C#N)ccn3)C2=O)cc1. The highest BCUT2D eigenvalue weighted by Crippen LogP contribution is 2.31. The molecule has 1 atom stereocenters. The lowest BCUT2D eigenvalue weighted by molar-refractivity contribution is -0.119. The van der Waals surface area contributed by atoms with Crippen molar-refractivity contribution in [2.45, 2.75) is 23.1 Å². The maximum Gasteiger partial charge on any atom is 0.240 e. The number of piperidine rings is 1. The smallest absolute Gasteiger partial charge is 0.240 e. The molecule has 118 valence electrons. The van der Waals surface area contributed by atoms with Crippen molar-refractivity contribution < 1.29 is 4.79 Å². The van der Waals surface area contributed by atoms with Crippen molar-refractivity contribution in [1.82, 2.24) is 4.98 Å². The minimum Gasteiger partial charge on any atom is -0.311 e. The van der Waals surface area contributed by atoms with Gasteiger partial charge < -0.3 is 4.90 Å². The molecule has 0 N–H and O–H groups in total. The molecule has 2 heterocycles. The number of carbonyl (C=O) groups excluding carboxylic acids is 1. The number of hydrogen-bond donors (Lipinski definition) is 0. The Bertz CT molecular complexity index is 835. The van der Waals surface area contributed by atoms with Gasteiger partial charge in [0.05, 0.1) is 33.5 Å². The standard InChI is InChI=1S/C18H14N4OS/c19-11-13-3-5-15(6-4-13)22-9-1-2-16(18(22)23)24-17-10-14(12-20)7-8-21-17/h3-8,10,16H,1-2,9H2/t16-/m1/s1. The number of pyridine rings is 1. The molecule has 6 heteroatoms. The van der Waals surface area contributed by atoms with E-state index in [1.54, 1.807) is 47.5 Å². The Hall–Kier alpha value is -2.83. The average molecular weight is 334 g/mol. The minimum absolute atomic E-state index is 0.0418. The zero-order valence-electron chi connectivity index (χ0n) is 12.8. The zero-order chi connectivity index (χ0) is 16.9. The van der Waals surface area contributed by atoms with Gasteiger partial charge in [-0.05, 0) is 49.2 Å². The van der Waals surface area contributed by atoms with Gasteiger partial charge >= 0.3 is 0 Å². The molecule has 1 saturated heterocycles. The Kier molecular flexibility index (Phi) is 4.79. The number of thioether (sulfide) groups is 1. The van der Waals surface area contributed by atoms with Crippen LogP contribution in [0.25, 0.3) is 0 Å². The number of nitriles is 2. The van der Waals surface area contributed by atoms with Crippen LogP contribution in [0.3, 0.4) is 0 Å². The summed E-state index contributed by atoms with van der Waals surface area (Å²) in [6, 6.07) is 14.6. The quantitative estimate of drug-likeness (QED) is 0.861. The maximum absolute atomic E-state index is 12.8. The highest BCUT2D eigenvalue weighted by atomic mass is 32.2. The molecule has 5 nitrogen and oxygen atoms in total. The van der Waals surface area contributed by atoms with Gasteiger partial charge in [-0.1, -0.05) is 11.8 Å². The predicted molar refractivity (Wildman–Crippen MR) is 91.3 cm³/mol. The molecule has 2 aromatic rings. The summed E-state index contributed by atoms with van der Waals surface area (Å²) in [5.41, 5.74) is 1.93. The Balaban J connectivity index is 1.77. The fourth-order valence-corrected chi connectivity index (χ4v) is 3.73. The zero-order valence-corrected chi connectivity index (χ0v) is 13.7. The average Bonchev–Trinajstić information content (AvgIpc) is 2.64. The molecular formula is C18H14N4OS. The van der Waals surface area contributed by atoms with Crippen molar-refractivity contribution in [3.63, 3.8) is 0 Å². The third-order valence-electron chi connectivity index (χ3n) is 3.82. The summed E-state index contributed by atoms with van der Waals surface area (Å²) in [4.78, 5) is 18.8. The molecule has 3 rings (SSSR count). The van der Waals surface area contributed by atoms with Crippen LogP contribution in [0, 0.1) is 22.7 Å². The fourth-order valence-electron chi connectivity index (χ4n) is 2.61. The van der Waals surface area contributed by atoms with Gasteiger partial charge in [-0.3, -0.25) is 4.79 Å². The molecule has 1 aromatic carbocycles. The van der Waals surface area contributed by atoms with Gasteiger partial charge in [0, 0.05) is 18.4 Å². The largest absolute Gasteiger partial charge is 0.311 e. The van der Waals surface area contributed by atoms with Crippen LogP contribution in [0.5, 0.6) is 0 Å². The first kappa shape index (κ1) is 16.0. The van der Waals surface area contributed by atoms with Crippen molar-refractivity contribution in [1.29, 1.82) is 10.5 Å². The summed E-state index contributed by atoms with van der Waals surface area (Å²) in [5.74, 6) is 0.0418. The maximum atomic E-state index is 12.8. The van der Waals surface area contributed by atoms with Crippen LogP contribution >= 0.6 is 11.8 Å². The van der Waals surface area contributed by atoms with E-state index in [1.807, 2.05) is 0 Å². The van der Waals surface area contributed by atoms with E-state index in [4.69, 9.17) is 10.5 Å². The summed E-state index contributed by atoms with van der Waals surface area (Å²) in [7, 11) is 0. The second kappa shape index (κ2) is 7.16.